The molecule has 0 spiro atoms. The van der Waals surface area contributed by atoms with E-state index in [9.17, 15) is 0 Å². The third-order valence-corrected chi connectivity index (χ3v) is 6.90. The van der Waals surface area contributed by atoms with E-state index in [1.165, 1.54) is 23.1 Å². The van der Waals surface area contributed by atoms with Crippen LogP contribution in [-0.2, 0) is 13.1 Å². The van der Waals surface area contributed by atoms with Crippen LogP contribution in [0.25, 0.3) is 10.2 Å². The average molecular weight is 434 g/mol. The van der Waals surface area contributed by atoms with Gasteiger partial charge in [-0.3, -0.25) is 4.68 Å². The average Bonchev–Trinajstić information content (AvgIpc) is 3.48. The Balaban J connectivity index is 1.24. The minimum absolute atomic E-state index is 0.456. The van der Waals surface area contributed by atoms with Crippen molar-refractivity contribution in [1.29, 1.82) is 0 Å². The van der Waals surface area contributed by atoms with Crippen molar-refractivity contribution in [3.8, 4) is 5.75 Å². The molecule has 0 saturated carbocycles. The highest BCUT2D eigenvalue weighted by Gasteiger charge is 2.22. The van der Waals surface area contributed by atoms with Crippen LogP contribution in [0.4, 0.5) is 5.13 Å². The zero-order valence-corrected chi connectivity index (χ0v) is 18.5. The van der Waals surface area contributed by atoms with Crippen molar-refractivity contribution < 1.29 is 4.74 Å². The molecule has 6 nitrogen and oxygen atoms in total. The number of ether oxygens (including phenoxy) is 1. The predicted molar refractivity (Wildman–Crippen MR) is 126 cm³/mol. The molecule has 0 unspecified atom stereocenters. The standard InChI is InChI=1S/C24H27N5OS/c1-30-22-10-9-18(14-19(22)16-29-13-5-11-26-29)15-25-20-6-4-12-28(17-20)24-27-21-7-2-3-8-23(21)31-24/h2-3,5,7-11,13-14,20,25H,4,6,12,15-17H2,1H3/t20-/m1/s1. The number of hydrogen-bond acceptors (Lipinski definition) is 6. The van der Waals surface area contributed by atoms with Crippen molar-refractivity contribution in [2.24, 2.45) is 0 Å². The largest absolute Gasteiger partial charge is 0.496 e. The van der Waals surface area contributed by atoms with Crippen LogP contribution in [0.5, 0.6) is 5.75 Å². The number of benzene rings is 2. The van der Waals surface area contributed by atoms with E-state index in [1.807, 2.05) is 16.9 Å². The van der Waals surface area contributed by atoms with Crippen molar-refractivity contribution in [3.05, 3.63) is 72.1 Å². The summed E-state index contributed by atoms with van der Waals surface area (Å²) in [6.07, 6.45) is 6.15. The Morgan fingerprint density at radius 1 is 1.19 bits per heavy atom. The normalized spacial score (nSPS) is 16.7. The number of aromatic nitrogens is 3. The monoisotopic (exact) mass is 433 g/mol. The number of nitrogens with zero attached hydrogens (tertiary/aromatic N) is 4. The molecular formula is C24H27N5OS. The van der Waals surface area contributed by atoms with E-state index >= 15 is 0 Å². The molecule has 0 amide bonds. The topological polar surface area (TPSA) is 55.2 Å². The predicted octanol–water partition coefficient (Wildman–Crippen LogP) is 4.31. The lowest BCUT2D eigenvalue weighted by Gasteiger charge is -2.33. The van der Waals surface area contributed by atoms with Gasteiger partial charge in [0.2, 0.25) is 0 Å². The van der Waals surface area contributed by atoms with Crippen LogP contribution in [-0.4, -0.2) is 41.0 Å². The molecule has 1 aliphatic rings. The molecule has 2 aromatic heterocycles. The van der Waals surface area contributed by atoms with Crippen molar-refractivity contribution >= 4 is 26.7 Å². The number of hydrogen-bond donors (Lipinski definition) is 1. The minimum atomic E-state index is 0.456. The van der Waals surface area contributed by atoms with Gasteiger partial charge in [0.25, 0.3) is 0 Å². The molecule has 2 aromatic carbocycles. The van der Waals surface area contributed by atoms with Crippen LogP contribution >= 0.6 is 11.3 Å². The fraction of sp³-hybridized carbons (Fsp3) is 0.333. The second kappa shape index (κ2) is 9.08. The highest BCUT2D eigenvalue weighted by atomic mass is 32.1. The number of nitrogens with one attached hydrogen (secondary N) is 1. The molecule has 5 rings (SSSR count). The van der Waals surface area contributed by atoms with Crippen LogP contribution in [0.2, 0.25) is 0 Å². The first-order chi connectivity index (χ1) is 15.3. The molecule has 1 N–H and O–H groups in total. The summed E-state index contributed by atoms with van der Waals surface area (Å²) >= 11 is 1.79. The van der Waals surface area contributed by atoms with E-state index in [0.29, 0.717) is 12.6 Å². The molecule has 1 aliphatic heterocycles. The third kappa shape index (κ3) is 4.57. The number of anilines is 1. The fourth-order valence-electron chi connectivity index (χ4n) is 4.21. The van der Waals surface area contributed by atoms with Crippen LogP contribution in [0.15, 0.2) is 60.9 Å². The Hall–Kier alpha value is -2.90. The van der Waals surface area contributed by atoms with Crippen LogP contribution in [0.1, 0.15) is 24.0 Å². The second-order valence-electron chi connectivity index (χ2n) is 7.98. The quantitative estimate of drug-likeness (QED) is 0.471. The van der Waals surface area contributed by atoms with Gasteiger partial charge in [0.1, 0.15) is 5.75 Å². The second-order valence-corrected chi connectivity index (χ2v) is 8.99. The Bertz CT molecular complexity index is 1110. The number of methoxy groups -OCH3 is 1. The van der Waals surface area contributed by atoms with E-state index in [2.05, 4.69) is 57.8 Å². The molecule has 3 heterocycles. The highest BCUT2D eigenvalue weighted by Crippen LogP contribution is 2.30. The maximum absolute atomic E-state index is 5.56. The van der Waals surface area contributed by atoms with E-state index < -0.39 is 0 Å². The van der Waals surface area contributed by atoms with Gasteiger partial charge in [-0.2, -0.15) is 5.10 Å². The number of para-hydroxylation sites is 1. The van der Waals surface area contributed by atoms with Gasteiger partial charge in [0.15, 0.2) is 5.13 Å². The SMILES string of the molecule is COc1ccc(CN[C@@H]2CCCN(c3nc4ccccc4s3)C2)cc1Cn1cccn1. The molecule has 1 fully saturated rings. The minimum Gasteiger partial charge on any atom is -0.496 e. The zero-order chi connectivity index (χ0) is 21.0. The first-order valence-corrected chi connectivity index (χ1v) is 11.6. The van der Waals surface area contributed by atoms with Crippen LogP contribution in [0.3, 0.4) is 0 Å². The van der Waals surface area contributed by atoms with Crippen molar-refractivity contribution in [1.82, 2.24) is 20.1 Å². The molecule has 0 bridgehead atoms. The van der Waals surface area contributed by atoms with Crippen molar-refractivity contribution in [2.75, 3.05) is 25.1 Å². The fourth-order valence-corrected chi connectivity index (χ4v) is 5.21. The van der Waals surface area contributed by atoms with Crippen molar-refractivity contribution in [3.63, 3.8) is 0 Å². The molecule has 0 radical (unpaired) electrons. The van der Waals surface area contributed by atoms with E-state index in [4.69, 9.17) is 9.72 Å². The van der Waals surface area contributed by atoms with Crippen molar-refractivity contribution in [2.45, 2.75) is 32.0 Å². The van der Waals surface area contributed by atoms with Gasteiger partial charge < -0.3 is 15.0 Å². The first-order valence-electron chi connectivity index (χ1n) is 10.8. The summed E-state index contributed by atoms with van der Waals surface area (Å²) < 4.78 is 8.74. The maximum Gasteiger partial charge on any atom is 0.186 e. The van der Waals surface area contributed by atoms with Gasteiger partial charge >= 0.3 is 0 Å². The molecule has 7 heteroatoms. The summed E-state index contributed by atoms with van der Waals surface area (Å²) in [4.78, 5) is 7.28. The first kappa shape index (κ1) is 20.0. The lowest BCUT2D eigenvalue weighted by Crippen LogP contribution is -2.45. The summed E-state index contributed by atoms with van der Waals surface area (Å²) in [5.41, 5.74) is 3.51. The Morgan fingerprint density at radius 3 is 2.97 bits per heavy atom. The third-order valence-electron chi connectivity index (χ3n) is 5.81. The Morgan fingerprint density at radius 2 is 2.13 bits per heavy atom. The number of thiazole rings is 1. The van der Waals surface area contributed by atoms with E-state index in [0.717, 1.165) is 41.6 Å². The van der Waals surface area contributed by atoms with Gasteiger partial charge in [-0.1, -0.05) is 29.5 Å². The molecule has 160 valence electrons. The lowest BCUT2D eigenvalue weighted by molar-refractivity contribution is 0.406. The Labute approximate surface area is 186 Å². The molecule has 1 saturated heterocycles. The van der Waals surface area contributed by atoms with E-state index in [-0.39, 0.29) is 0 Å². The van der Waals surface area contributed by atoms with Gasteiger partial charge in [-0.05, 0) is 48.7 Å². The van der Waals surface area contributed by atoms with Gasteiger partial charge in [-0.25, -0.2) is 4.98 Å². The number of piperidine rings is 1. The zero-order valence-electron chi connectivity index (χ0n) is 17.7. The molecule has 0 aliphatic carbocycles. The number of rotatable bonds is 7. The van der Waals surface area contributed by atoms with Gasteiger partial charge in [0, 0.05) is 43.6 Å². The molecular weight excluding hydrogens is 406 g/mol. The highest BCUT2D eigenvalue weighted by molar-refractivity contribution is 7.22. The smallest absolute Gasteiger partial charge is 0.186 e. The summed E-state index contributed by atoms with van der Waals surface area (Å²) in [6.45, 7) is 3.62. The van der Waals surface area contributed by atoms with Crippen LogP contribution in [0, 0.1) is 0 Å². The number of fused-ring (bicyclic) bond motifs is 1. The molecule has 31 heavy (non-hydrogen) atoms. The lowest BCUT2D eigenvalue weighted by atomic mass is 10.0. The van der Waals surface area contributed by atoms with E-state index in [1.54, 1.807) is 24.6 Å². The summed E-state index contributed by atoms with van der Waals surface area (Å²) in [5.74, 6) is 0.902. The maximum atomic E-state index is 5.56. The Kier molecular flexibility index (Phi) is 5.86. The van der Waals surface area contributed by atoms with Gasteiger partial charge in [0.05, 0.1) is 23.9 Å². The molecule has 1 atom stereocenters. The summed E-state index contributed by atoms with van der Waals surface area (Å²) in [7, 11) is 1.72. The molecule has 4 aromatic rings. The summed E-state index contributed by atoms with van der Waals surface area (Å²) in [6, 6.07) is 17.2. The van der Waals surface area contributed by atoms with Gasteiger partial charge in [-0.15, -0.1) is 0 Å². The van der Waals surface area contributed by atoms with Crippen LogP contribution < -0.4 is 15.0 Å². The summed E-state index contributed by atoms with van der Waals surface area (Å²) in [5, 5.41) is 9.23.